The first-order valence-corrected chi connectivity index (χ1v) is 6.09. The summed E-state index contributed by atoms with van der Waals surface area (Å²) in [5.41, 5.74) is 6.91. The second kappa shape index (κ2) is 5.62. The van der Waals surface area contributed by atoms with Crippen LogP contribution in [0.2, 0.25) is 0 Å². The van der Waals surface area contributed by atoms with Gasteiger partial charge >= 0.3 is 5.97 Å². The van der Waals surface area contributed by atoms with Crippen LogP contribution in [-0.4, -0.2) is 17.0 Å². The summed E-state index contributed by atoms with van der Waals surface area (Å²) in [4.78, 5) is 22.3. The van der Waals surface area contributed by atoms with Crippen molar-refractivity contribution in [3.8, 4) is 0 Å². The molecule has 0 aliphatic heterocycles. The Balaban J connectivity index is 2.37. The van der Waals surface area contributed by atoms with Crippen LogP contribution in [0, 0.1) is 12.7 Å². The molecule has 0 spiro atoms. The van der Waals surface area contributed by atoms with Crippen molar-refractivity contribution in [1.29, 1.82) is 0 Å². The zero-order valence-corrected chi connectivity index (χ0v) is 11.2. The number of hydrogen-bond donors (Lipinski definition) is 3. The van der Waals surface area contributed by atoms with Crippen molar-refractivity contribution < 1.29 is 19.1 Å². The number of primary amides is 1. The Bertz CT molecular complexity index is 729. The van der Waals surface area contributed by atoms with Gasteiger partial charge in [0.1, 0.15) is 5.82 Å². The Labute approximate surface area is 120 Å². The van der Waals surface area contributed by atoms with Crippen LogP contribution in [0.3, 0.4) is 0 Å². The Morgan fingerprint density at radius 3 is 2.43 bits per heavy atom. The molecule has 0 radical (unpaired) electrons. The van der Waals surface area contributed by atoms with Crippen LogP contribution in [0.4, 0.5) is 15.8 Å². The van der Waals surface area contributed by atoms with Crippen molar-refractivity contribution in [3.05, 3.63) is 58.9 Å². The number of halogens is 1. The largest absolute Gasteiger partial charge is 0.478 e. The zero-order valence-electron chi connectivity index (χ0n) is 11.2. The maximum atomic E-state index is 13.2. The monoisotopic (exact) mass is 288 g/mol. The normalized spacial score (nSPS) is 10.2. The van der Waals surface area contributed by atoms with Crippen LogP contribution >= 0.6 is 0 Å². The first-order valence-electron chi connectivity index (χ1n) is 6.09. The van der Waals surface area contributed by atoms with Crippen LogP contribution in [0.5, 0.6) is 0 Å². The number of hydrogen-bond acceptors (Lipinski definition) is 3. The van der Waals surface area contributed by atoms with Gasteiger partial charge in [-0.05, 0) is 48.9 Å². The lowest BCUT2D eigenvalue weighted by molar-refractivity contribution is 0.0696. The maximum Gasteiger partial charge on any atom is 0.335 e. The first kappa shape index (κ1) is 14.5. The number of rotatable bonds is 4. The van der Waals surface area contributed by atoms with Crippen LogP contribution in [0.1, 0.15) is 26.3 Å². The molecule has 0 aliphatic rings. The molecule has 21 heavy (non-hydrogen) atoms. The predicted octanol–water partition coefficient (Wildman–Crippen LogP) is 2.67. The number of benzene rings is 2. The highest BCUT2D eigenvalue weighted by Gasteiger charge is 2.11. The summed E-state index contributed by atoms with van der Waals surface area (Å²) < 4.78 is 13.2. The summed E-state index contributed by atoms with van der Waals surface area (Å²) in [7, 11) is 0. The molecular weight excluding hydrogens is 275 g/mol. The van der Waals surface area contributed by atoms with E-state index in [1.54, 1.807) is 19.1 Å². The summed E-state index contributed by atoms with van der Waals surface area (Å²) >= 11 is 0. The molecule has 0 unspecified atom stereocenters. The smallest absolute Gasteiger partial charge is 0.335 e. The van der Waals surface area contributed by atoms with Crippen molar-refractivity contribution in [1.82, 2.24) is 0 Å². The molecule has 108 valence electrons. The Morgan fingerprint density at radius 2 is 1.86 bits per heavy atom. The van der Waals surface area contributed by atoms with Crippen LogP contribution < -0.4 is 11.1 Å². The van der Waals surface area contributed by atoms with E-state index in [2.05, 4.69) is 5.32 Å². The quantitative estimate of drug-likeness (QED) is 0.806. The molecule has 6 heteroatoms. The molecule has 0 aliphatic carbocycles. The van der Waals surface area contributed by atoms with Crippen LogP contribution in [0.15, 0.2) is 36.4 Å². The second-order valence-corrected chi connectivity index (χ2v) is 4.51. The third-order valence-electron chi connectivity index (χ3n) is 2.98. The van der Waals surface area contributed by atoms with E-state index in [1.807, 2.05) is 0 Å². The van der Waals surface area contributed by atoms with Crippen LogP contribution in [-0.2, 0) is 0 Å². The van der Waals surface area contributed by atoms with Crippen molar-refractivity contribution in [2.45, 2.75) is 6.92 Å². The Kier molecular flexibility index (Phi) is 3.89. The van der Waals surface area contributed by atoms with E-state index in [4.69, 9.17) is 10.8 Å². The molecular formula is C15H13FN2O3. The van der Waals surface area contributed by atoms with Gasteiger partial charge < -0.3 is 16.2 Å². The van der Waals surface area contributed by atoms with E-state index >= 15 is 0 Å². The fourth-order valence-corrected chi connectivity index (χ4v) is 1.97. The molecule has 4 N–H and O–H groups in total. The highest BCUT2D eigenvalue weighted by atomic mass is 19.1. The molecule has 1 amide bonds. The zero-order chi connectivity index (χ0) is 15.6. The van der Waals surface area contributed by atoms with Gasteiger partial charge in [-0.2, -0.15) is 0 Å². The number of aryl methyl sites for hydroxylation is 1. The van der Waals surface area contributed by atoms with Crippen molar-refractivity contribution in [2.75, 3.05) is 5.32 Å². The predicted molar refractivity (Wildman–Crippen MR) is 76.3 cm³/mol. The average Bonchev–Trinajstić information content (AvgIpc) is 2.40. The first-order chi connectivity index (χ1) is 9.88. The van der Waals surface area contributed by atoms with Gasteiger partial charge in [-0.3, -0.25) is 4.79 Å². The van der Waals surface area contributed by atoms with E-state index in [0.717, 1.165) is 6.07 Å². The molecule has 2 aromatic rings. The fraction of sp³-hybridized carbons (Fsp3) is 0.0667. The number of carboxylic acids is 1. The van der Waals surface area contributed by atoms with E-state index < -0.39 is 17.7 Å². The molecule has 0 saturated carbocycles. The SMILES string of the molecule is Cc1cc(Nc2ccc(F)cc2C(N)=O)ccc1C(=O)O. The fourth-order valence-electron chi connectivity index (χ4n) is 1.97. The maximum absolute atomic E-state index is 13.2. The molecule has 2 aromatic carbocycles. The van der Waals surface area contributed by atoms with Gasteiger partial charge in [0.25, 0.3) is 5.91 Å². The Hall–Kier alpha value is -2.89. The minimum Gasteiger partial charge on any atom is -0.478 e. The lowest BCUT2D eigenvalue weighted by Crippen LogP contribution is -2.13. The van der Waals surface area contributed by atoms with E-state index in [9.17, 15) is 14.0 Å². The molecule has 0 heterocycles. The third kappa shape index (κ3) is 3.17. The molecule has 2 rings (SSSR count). The molecule has 0 bridgehead atoms. The molecule has 0 saturated heterocycles. The van der Waals surface area contributed by atoms with Gasteiger partial charge in [0.15, 0.2) is 0 Å². The topological polar surface area (TPSA) is 92.4 Å². The number of carbonyl (C=O) groups is 2. The van der Waals surface area contributed by atoms with E-state index in [1.165, 1.54) is 18.2 Å². The van der Waals surface area contributed by atoms with Gasteiger partial charge in [0.2, 0.25) is 0 Å². The minimum atomic E-state index is -1.02. The highest BCUT2D eigenvalue weighted by molar-refractivity contribution is 5.99. The number of nitrogens with two attached hydrogens (primary N) is 1. The van der Waals surface area contributed by atoms with Gasteiger partial charge in [0.05, 0.1) is 16.8 Å². The minimum absolute atomic E-state index is 0.0231. The summed E-state index contributed by atoms with van der Waals surface area (Å²) in [6.07, 6.45) is 0. The van der Waals surface area contributed by atoms with Gasteiger partial charge in [-0.1, -0.05) is 0 Å². The number of anilines is 2. The van der Waals surface area contributed by atoms with E-state index in [0.29, 0.717) is 16.9 Å². The number of carboxylic acid groups (broad SMARTS) is 1. The Morgan fingerprint density at radius 1 is 1.14 bits per heavy atom. The lowest BCUT2D eigenvalue weighted by Gasteiger charge is -2.11. The van der Waals surface area contributed by atoms with Gasteiger partial charge in [-0.25, -0.2) is 9.18 Å². The second-order valence-electron chi connectivity index (χ2n) is 4.51. The van der Waals surface area contributed by atoms with Crippen molar-refractivity contribution in [2.24, 2.45) is 5.73 Å². The summed E-state index contributed by atoms with van der Waals surface area (Å²) in [5, 5.41) is 11.9. The standard InChI is InChI=1S/C15H13FN2O3/c1-8-6-10(3-4-11(8)15(20)21)18-13-5-2-9(16)7-12(13)14(17)19/h2-7,18H,1H3,(H2,17,19)(H,20,21). The van der Waals surface area contributed by atoms with E-state index in [-0.39, 0.29) is 11.1 Å². The summed E-state index contributed by atoms with van der Waals surface area (Å²) in [6.45, 7) is 1.66. The van der Waals surface area contributed by atoms with Crippen molar-refractivity contribution >= 4 is 23.3 Å². The number of nitrogens with one attached hydrogen (secondary N) is 1. The van der Waals surface area contributed by atoms with Gasteiger partial charge in [0, 0.05) is 5.69 Å². The highest BCUT2D eigenvalue weighted by Crippen LogP contribution is 2.23. The average molecular weight is 288 g/mol. The summed E-state index contributed by atoms with van der Waals surface area (Å²) in [6, 6.07) is 8.28. The molecule has 0 aromatic heterocycles. The van der Waals surface area contributed by atoms with Crippen molar-refractivity contribution in [3.63, 3.8) is 0 Å². The lowest BCUT2D eigenvalue weighted by atomic mass is 10.1. The van der Waals surface area contributed by atoms with Crippen LogP contribution in [0.25, 0.3) is 0 Å². The molecule has 5 nitrogen and oxygen atoms in total. The van der Waals surface area contributed by atoms with Gasteiger partial charge in [-0.15, -0.1) is 0 Å². The molecule has 0 fully saturated rings. The number of aromatic carboxylic acids is 1. The number of carbonyl (C=O) groups excluding carboxylic acids is 1. The summed E-state index contributed by atoms with van der Waals surface area (Å²) in [5.74, 6) is -2.33. The molecule has 0 atom stereocenters. The third-order valence-corrected chi connectivity index (χ3v) is 2.98. The number of amides is 1.